The minimum absolute atomic E-state index is 0.232. The number of rotatable bonds is 3. The summed E-state index contributed by atoms with van der Waals surface area (Å²) >= 11 is 1.30. The molecule has 0 aliphatic rings. The lowest BCUT2D eigenvalue weighted by Crippen LogP contribution is -2.21. The molecule has 116 valence electrons. The van der Waals surface area contributed by atoms with Crippen LogP contribution in [-0.4, -0.2) is 21.6 Å². The third-order valence-corrected chi connectivity index (χ3v) is 4.44. The van der Waals surface area contributed by atoms with Gasteiger partial charge in [-0.25, -0.2) is 0 Å². The number of hydrogen-bond acceptors (Lipinski definition) is 3. The van der Waals surface area contributed by atoms with Gasteiger partial charge in [-0.1, -0.05) is 41.2 Å². The van der Waals surface area contributed by atoms with Crippen molar-refractivity contribution in [1.82, 2.24) is 4.57 Å². The van der Waals surface area contributed by atoms with Crippen LogP contribution in [0.1, 0.15) is 15.9 Å². The molecule has 0 atom stereocenters. The van der Waals surface area contributed by atoms with E-state index in [4.69, 9.17) is 5.11 Å². The Kier molecular flexibility index (Phi) is 4.08. The zero-order valence-electron chi connectivity index (χ0n) is 12.4. The molecule has 0 fully saturated rings. The summed E-state index contributed by atoms with van der Waals surface area (Å²) in [6.45, 7) is 1.71. The number of carbonyl (C=O) groups is 2. The van der Waals surface area contributed by atoms with Gasteiger partial charge in [0.2, 0.25) is 0 Å². The van der Waals surface area contributed by atoms with Crippen LogP contribution < -0.4 is 4.80 Å². The number of carboxylic acid groups (broad SMARTS) is 1. The molecule has 0 aliphatic heterocycles. The van der Waals surface area contributed by atoms with Crippen LogP contribution in [0.5, 0.6) is 0 Å². The second kappa shape index (κ2) is 6.18. The minimum atomic E-state index is -0.974. The van der Waals surface area contributed by atoms with E-state index in [1.807, 2.05) is 43.3 Å². The Morgan fingerprint density at radius 2 is 1.83 bits per heavy atom. The molecule has 3 rings (SSSR count). The van der Waals surface area contributed by atoms with Gasteiger partial charge in [-0.3, -0.25) is 9.59 Å². The summed E-state index contributed by atoms with van der Waals surface area (Å²) in [5.74, 6) is -1.35. The summed E-state index contributed by atoms with van der Waals surface area (Å²) in [6.07, 6.45) is 0. The topological polar surface area (TPSA) is 71.7 Å². The normalized spacial score (nSPS) is 11.8. The number of carboxylic acids is 1. The fourth-order valence-electron chi connectivity index (χ4n) is 2.24. The molecule has 0 spiro atoms. The number of aromatic nitrogens is 1. The Balaban J connectivity index is 2.12. The maximum Gasteiger partial charge on any atom is 0.323 e. The third kappa shape index (κ3) is 3.22. The van der Waals surface area contributed by atoms with E-state index in [9.17, 15) is 9.59 Å². The second-order valence-electron chi connectivity index (χ2n) is 5.12. The number of para-hydroxylation sites is 1. The van der Waals surface area contributed by atoms with Crippen LogP contribution in [-0.2, 0) is 11.3 Å². The van der Waals surface area contributed by atoms with E-state index in [-0.39, 0.29) is 12.5 Å². The van der Waals surface area contributed by atoms with E-state index in [1.165, 1.54) is 11.3 Å². The molecule has 1 amide bonds. The number of hydrogen-bond donors (Lipinski definition) is 1. The van der Waals surface area contributed by atoms with Crippen LogP contribution >= 0.6 is 11.3 Å². The van der Waals surface area contributed by atoms with Gasteiger partial charge in [0, 0.05) is 5.56 Å². The molecule has 2 aromatic carbocycles. The fraction of sp³-hybridized carbons (Fsp3) is 0.118. The first-order chi connectivity index (χ1) is 11.0. The maximum atomic E-state index is 12.3. The van der Waals surface area contributed by atoms with Crippen molar-refractivity contribution in [1.29, 1.82) is 0 Å². The number of thiazole rings is 1. The lowest BCUT2D eigenvalue weighted by Gasteiger charge is -2.01. The second-order valence-corrected chi connectivity index (χ2v) is 6.12. The van der Waals surface area contributed by atoms with Crippen molar-refractivity contribution < 1.29 is 14.7 Å². The largest absolute Gasteiger partial charge is 0.480 e. The van der Waals surface area contributed by atoms with Crippen LogP contribution in [0.4, 0.5) is 0 Å². The van der Waals surface area contributed by atoms with E-state index >= 15 is 0 Å². The molecule has 1 heterocycles. The number of carbonyl (C=O) groups excluding carboxylic acids is 1. The summed E-state index contributed by atoms with van der Waals surface area (Å²) in [4.78, 5) is 27.9. The van der Waals surface area contributed by atoms with Gasteiger partial charge in [-0.15, -0.1) is 0 Å². The molecule has 1 N–H and O–H groups in total. The molecule has 5 nitrogen and oxygen atoms in total. The zero-order valence-corrected chi connectivity index (χ0v) is 13.2. The first kappa shape index (κ1) is 15.2. The fourth-order valence-corrected chi connectivity index (χ4v) is 3.27. The SMILES string of the molecule is Cc1ccc(C(=O)/N=c2\sc3ccccc3n2CC(=O)O)cc1. The molecule has 0 radical (unpaired) electrons. The van der Waals surface area contributed by atoms with Gasteiger partial charge >= 0.3 is 5.97 Å². The average Bonchev–Trinajstić information content (AvgIpc) is 2.85. The highest BCUT2D eigenvalue weighted by atomic mass is 32.1. The number of aliphatic carboxylic acids is 1. The van der Waals surface area contributed by atoms with Gasteiger partial charge < -0.3 is 9.67 Å². The number of aryl methyl sites for hydroxylation is 1. The Hall–Kier alpha value is -2.73. The van der Waals surface area contributed by atoms with Crippen LogP contribution in [0.3, 0.4) is 0 Å². The molecule has 0 aliphatic carbocycles. The van der Waals surface area contributed by atoms with Crippen molar-refractivity contribution in [2.24, 2.45) is 4.99 Å². The van der Waals surface area contributed by atoms with Gasteiger partial charge in [0.25, 0.3) is 5.91 Å². The minimum Gasteiger partial charge on any atom is -0.480 e. The van der Waals surface area contributed by atoms with E-state index < -0.39 is 5.97 Å². The van der Waals surface area contributed by atoms with Gasteiger partial charge in [-0.05, 0) is 31.2 Å². The van der Waals surface area contributed by atoms with Crippen molar-refractivity contribution in [3.8, 4) is 0 Å². The van der Waals surface area contributed by atoms with Crippen LogP contribution in [0, 0.1) is 6.92 Å². The number of benzene rings is 2. The first-order valence-corrected chi connectivity index (χ1v) is 7.82. The summed E-state index contributed by atoms with van der Waals surface area (Å²) in [6, 6.07) is 14.5. The smallest absolute Gasteiger partial charge is 0.323 e. The first-order valence-electron chi connectivity index (χ1n) is 7.00. The summed E-state index contributed by atoms with van der Waals surface area (Å²) < 4.78 is 2.44. The van der Waals surface area contributed by atoms with E-state index in [0.29, 0.717) is 10.4 Å². The van der Waals surface area contributed by atoms with Crippen molar-refractivity contribution in [2.75, 3.05) is 0 Å². The molecular formula is C17H14N2O3S. The lowest BCUT2D eigenvalue weighted by atomic mass is 10.1. The van der Waals surface area contributed by atoms with E-state index in [0.717, 1.165) is 15.8 Å². The Bertz CT molecular complexity index is 952. The molecule has 6 heteroatoms. The molecule has 0 saturated carbocycles. The van der Waals surface area contributed by atoms with Gasteiger partial charge in [0.05, 0.1) is 10.2 Å². The maximum absolute atomic E-state index is 12.3. The molecule has 0 unspecified atom stereocenters. The van der Waals surface area contributed by atoms with Crippen LogP contribution in [0.25, 0.3) is 10.2 Å². The third-order valence-electron chi connectivity index (χ3n) is 3.38. The highest BCUT2D eigenvalue weighted by molar-refractivity contribution is 7.16. The Labute approximate surface area is 136 Å². The zero-order chi connectivity index (χ0) is 16.4. The number of amides is 1. The van der Waals surface area contributed by atoms with E-state index in [2.05, 4.69) is 4.99 Å². The van der Waals surface area contributed by atoms with E-state index in [1.54, 1.807) is 16.7 Å². The van der Waals surface area contributed by atoms with Gasteiger partial charge in [0.15, 0.2) is 4.80 Å². The quantitative estimate of drug-likeness (QED) is 0.804. The predicted molar refractivity (Wildman–Crippen MR) is 88.5 cm³/mol. The lowest BCUT2D eigenvalue weighted by molar-refractivity contribution is -0.137. The molecule has 0 saturated heterocycles. The van der Waals surface area contributed by atoms with Crippen molar-refractivity contribution in [3.63, 3.8) is 0 Å². The highest BCUT2D eigenvalue weighted by Crippen LogP contribution is 2.16. The summed E-state index contributed by atoms with van der Waals surface area (Å²) in [5, 5.41) is 9.11. The average molecular weight is 326 g/mol. The molecule has 1 aromatic heterocycles. The van der Waals surface area contributed by atoms with Crippen LogP contribution in [0.15, 0.2) is 53.5 Å². The standard InChI is InChI=1S/C17H14N2O3S/c1-11-6-8-12(9-7-11)16(22)18-17-19(10-15(20)21)13-4-2-3-5-14(13)23-17/h2-9H,10H2,1H3,(H,20,21)/b18-17-. The Morgan fingerprint density at radius 3 is 2.52 bits per heavy atom. The van der Waals surface area contributed by atoms with Crippen molar-refractivity contribution >= 4 is 33.4 Å². The molecular weight excluding hydrogens is 312 g/mol. The van der Waals surface area contributed by atoms with Crippen molar-refractivity contribution in [3.05, 3.63) is 64.5 Å². The summed E-state index contributed by atoms with van der Waals surface area (Å²) in [5.41, 5.74) is 2.30. The molecule has 23 heavy (non-hydrogen) atoms. The number of nitrogens with zero attached hydrogens (tertiary/aromatic N) is 2. The highest BCUT2D eigenvalue weighted by Gasteiger charge is 2.11. The van der Waals surface area contributed by atoms with Crippen LogP contribution in [0.2, 0.25) is 0 Å². The molecule has 3 aromatic rings. The Morgan fingerprint density at radius 1 is 1.13 bits per heavy atom. The predicted octanol–water partition coefficient (Wildman–Crippen LogP) is 2.84. The van der Waals surface area contributed by atoms with Gasteiger partial charge in [-0.2, -0.15) is 4.99 Å². The summed E-state index contributed by atoms with van der Waals surface area (Å²) in [7, 11) is 0. The molecule has 0 bridgehead atoms. The number of fused-ring (bicyclic) bond motifs is 1. The monoisotopic (exact) mass is 326 g/mol. The van der Waals surface area contributed by atoms with Crippen molar-refractivity contribution in [2.45, 2.75) is 13.5 Å². The van der Waals surface area contributed by atoms with Gasteiger partial charge in [0.1, 0.15) is 6.54 Å².